The number of amides is 1. The zero-order chi connectivity index (χ0) is 9.30. The van der Waals surface area contributed by atoms with Crippen molar-refractivity contribution in [3.8, 4) is 0 Å². The number of piperazine rings is 1. The van der Waals surface area contributed by atoms with Crippen LogP contribution in [0.3, 0.4) is 0 Å². The van der Waals surface area contributed by atoms with Crippen LogP contribution in [0.25, 0.3) is 0 Å². The molecule has 1 aliphatic rings. The molecule has 1 unspecified atom stereocenters. The normalized spacial score (nSPS) is 26.9. The minimum atomic E-state index is 0.0868. The molecule has 0 aromatic rings. The van der Waals surface area contributed by atoms with E-state index in [-0.39, 0.29) is 11.9 Å². The van der Waals surface area contributed by atoms with Crippen LogP contribution in [0.1, 0.15) is 13.8 Å². The average Bonchev–Trinajstić information content (AvgIpc) is 1.97. The van der Waals surface area contributed by atoms with E-state index < -0.39 is 0 Å². The predicted octanol–water partition coefficient (Wildman–Crippen LogP) is 0.415. The van der Waals surface area contributed by atoms with E-state index in [0.29, 0.717) is 5.92 Å². The van der Waals surface area contributed by atoms with Crippen LogP contribution in [-0.2, 0) is 4.79 Å². The zero-order valence-corrected chi connectivity index (χ0v) is 8.37. The Kier molecular flexibility index (Phi) is 2.73. The molecule has 12 heavy (non-hydrogen) atoms. The van der Waals surface area contributed by atoms with Crippen LogP contribution in [-0.4, -0.2) is 48.9 Å². The maximum atomic E-state index is 11.7. The third-order valence-electron chi connectivity index (χ3n) is 2.52. The Morgan fingerprint density at radius 2 is 1.92 bits per heavy atom. The van der Waals surface area contributed by atoms with Gasteiger partial charge < -0.3 is 4.90 Å². The molecule has 0 N–H and O–H groups in total. The maximum absolute atomic E-state index is 11.7. The third kappa shape index (κ3) is 1.61. The summed E-state index contributed by atoms with van der Waals surface area (Å²) in [5.74, 6) is 0.670. The van der Waals surface area contributed by atoms with E-state index >= 15 is 0 Å². The van der Waals surface area contributed by atoms with Gasteiger partial charge in [0.25, 0.3) is 0 Å². The summed E-state index contributed by atoms with van der Waals surface area (Å²) in [6, 6.07) is 0.0868. The lowest BCUT2D eigenvalue weighted by molar-refractivity contribution is -0.141. The van der Waals surface area contributed by atoms with Gasteiger partial charge in [0.1, 0.15) is 0 Å². The van der Waals surface area contributed by atoms with Crippen molar-refractivity contribution >= 4 is 5.91 Å². The van der Waals surface area contributed by atoms with Gasteiger partial charge in [-0.15, -0.1) is 0 Å². The molecule has 0 saturated carbocycles. The van der Waals surface area contributed by atoms with E-state index in [2.05, 4.69) is 18.7 Å². The Balaban J connectivity index is 2.72. The van der Waals surface area contributed by atoms with Crippen LogP contribution < -0.4 is 0 Å². The third-order valence-corrected chi connectivity index (χ3v) is 2.52. The highest BCUT2D eigenvalue weighted by atomic mass is 16.2. The SMILES string of the molecule is CC(C)C1C(=O)N(C)CCN1C. The second kappa shape index (κ2) is 3.44. The molecule has 0 radical (unpaired) electrons. The molecular weight excluding hydrogens is 152 g/mol. The highest BCUT2D eigenvalue weighted by molar-refractivity contribution is 5.82. The Labute approximate surface area is 74.3 Å². The predicted molar refractivity (Wildman–Crippen MR) is 48.9 cm³/mol. The zero-order valence-electron chi connectivity index (χ0n) is 8.37. The van der Waals surface area contributed by atoms with Gasteiger partial charge in [-0.25, -0.2) is 0 Å². The quantitative estimate of drug-likeness (QED) is 0.569. The fourth-order valence-electron chi connectivity index (χ4n) is 1.77. The maximum Gasteiger partial charge on any atom is 0.239 e. The molecule has 0 spiro atoms. The molecule has 1 fully saturated rings. The number of hydrogen-bond donors (Lipinski definition) is 0. The van der Waals surface area contributed by atoms with Crippen LogP contribution in [0.5, 0.6) is 0 Å². The molecule has 1 saturated heterocycles. The smallest absolute Gasteiger partial charge is 0.239 e. The monoisotopic (exact) mass is 170 g/mol. The summed E-state index contributed by atoms with van der Waals surface area (Å²) in [6.45, 7) is 6.04. The van der Waals surface area contributed by atoms with Crippen molar-refractivity contribution in [3.63, 3.8) is 0 Å². The summed E-state index contributed by atoms with van der Waals surface area (Å²) in [7, 11) is 3.90. The van der Waals surface area contributed by atoms with E-state index in [0.717, 1.165) is 13.1 Å². The van der Waals surface area contributed by atoms with Gasteiger partial charge in [0.15, 0.2) is 0 Å². The molecule has 1 heterocycles. The van der Waals surface area contributed by atoms with Gasteiger partial charge in [-0.1, -0.05) is 13.8 Å². The molecule has 1 atom stereocenters. The van der Waals surface area contributed by atoms with Gasteiger partial charge in [0.2, 0.25) is 5.91 Å². The lowest BCUT2D eigenvalue weighted by Crippen LogP contribution is -2.56. The minimum absolute atomic E-state index is 0.0868. The topological polar surface area (TPSA) is 23.6 Å². The first-order chi connectivity index (χ1) is 5.54. The fourth-order valence-corrected chi connectivity index (χ4v) is 1.77. The summed E-state index contributed by atoms with van der Waals surface area (Å²) in [5, 5.41) is 0. The van der Waals surface area contributed by atoms with Gasteiger partial charge in [-0.3, -0.25) is 9.69 Å². The lowest BCUT2D eigenvalue weighted by atomic mass is 10.00. The summed E-state index contributed by atoms with van der Waals surface area (Å²) < 4.78 is 0. The summed E-state index contributed by atoms with van der Waals surface area (Å²) in [6.07, 6.45) is 0. The molecule has 1 aliphatic heterocycles. The van der Waals surface area contributed by atoms with Crippen molar-refractivity contribution in [1.82, 2.24) is 9.80 Å². The Hall–Kier alpha value is -0.570. The number of nitrogens with zero attached hydrogens (tertiary/aromatic N) is 2. The van der Waals surface area contributed by atoms with Gasteiger partial charge in [-0.2, -0.15) is 0 Å². The van der Waals surface area contributed by atoms with Gasteiger partial charge in [-0.05, 0) is 13.0 Å². The molecule has 0 bridgehead atoms. The molecule has 0 aromatic heterocycles. The van der Waals surface area contributed by atoms with Crippen molar-refractivity contribution in [3.05, 3.63) is 0 Å². The highest BCUT2D eigenvalue weighted by Crippen LogP contribution is 2.15. The number of hydrogen-bond acceptors (Lipinski definition) is 2. The van der Waals surface area contributed by atoms with Crippen LogP contribution in [0, 0.1) is 5.92 Å². The van der Waals surface area contributed by atoms with E-state index in [4.69, 9.17) is 0 Å². The van der Waals surface area contributed by atoms with Crippen molar-refractivity contribution in [2.75, 3.05) is 27.2 Å². The summed E-state index contributed by atoms with van der Waals surface area (Å²) >= 11 is 0. The second-order valence-corrected chi connectivity index (χ2v) is 3.93. The van der Waals surface area contributed by atoms with Crippen molar-refractivity contribution in [1.29, 1.82) is 0 Å². The van der Waals surface area contributed by atoms with Crippen LogP contribution in [0.4, 0.5) is 0 Å². The van der Waals surface area contributed by atoms with Crippen molar-refractivity contribution in [2.24, 2.45) is 5.92 Å². The van der Waals surface area contributed by atoms with Gasteiger partial charge >= 0.3 is 0 Å². The Bertz CT molecular complexity index is 179. The average molecular weight is 170 g/mol. The second-order valence-electron chi connectivity index (χ2n) is 3.93. The van der Waals surface area contributed by atoms with E-state index in [1.807, 2.05) is 19.0 Å². The molecule has 0 aliphatic carbocycles. The molecule has 3 nitrogen and oxygen atoms in total. The minimum Gasteiger partial charge on any atom is -0.343 e. The van der Waals surface area contributed by atoms with Crippen molar-refractivity contribution < 1.29 is 4.79 Å². The van der Waals surface area contributed by atoms with E-state index in [1.54, 1.807) is 0 Å². The fraction of sp³-hybridized carbons (Fsp3) is 0.889. The summed E-state index contributed by atoms with van der Waals surface area (Å²) in [4.78, 5) is 15.6. The number of carbonyl (C=O) groups is 1. The van der Waals surface area contributed by atoms with Crippen LogP contribution in [0.15, 0.2) is 0 Å². The number of carbonyl (C=O) groups excluding carboxylic acids is 1. The molecule has 3 heteroatoms. The molecule has 70 valence electrons. The Morgan fingerprint density at radius 1 is 1.33 bits per heavy atom. The van der Waals surface area contributed by atoms with Gasteiger partial charge in [0, 0.05) is 20.1 Å². The standard InChI is InChI=1S/C9H18N2O/c1-7(2)8-9(12)11(4)6-5-10(8)3/h7-8H,5-6H2,1-4H3. The first-order valence-corrected chi connectivity index (χ1v) is 4.49. The largest absolute Gasteiger partial charge is 0.343 e. The molecule has 1 amide bonds. The first-order valence-electron chi connectivity index (χ1n) is 4.49. The van der Waals surface area contributed by atoms with Crippen LogP contribution >= 0.6 is 0 Å². The molecule has 1 rings (SSSR count). The first kappa shape index (κ1) is 9.52. The number of likely N-dealkylation sites (N-methyl/N-ethyl adjacent to an activating group) is 2. The van der Waals surface area contributed by atoms with Crippen molar-refractivity contribution in [2.45, 2.75) is 19.9 Å². The summed E-state index contributed by atoms with van der Waals surface area (Å²) in [5.41, 5.74) is 0. The Morgan fingerprint density at radius 3 is 2.33 bits per heavy atom. The molecule has 0 aromatic carbocycles. The lowest BCUT2D eigenvalue weighted by Gasteiger charge is -2.38. The van der Waals surface area contributed by atoms with E-state index in [9.17, 15) is 4.79 Å². The van der Waals surface area contributed by atoms with Gasteiger partial charge in [0.05, 0.1) is 6.04 Å². The van der Waals surface area contributed by atoms with E-state index in [1.165, 1.54) is 0 Å². The number of rotatable bonds is 1. The van der Waals surface area contributed by atoms with Crippen LogP contribution in [0.2, 0.25) is 0 Å². The molecular formula is C9H18N2O. The highest BCUT2D eigenvalue weighted by Gasteiger charge is 2.32.